The van der Waals surface area contributed by atoms with Gasteiger partial charge in [0.2, 0.25) is 5.96 Å². The van der Waals surface area contributed by atoms with E-state index in [-0.39, 0.29) is 11.8 Å². The topological polar surface area (TPSA) is 207 Å². The van der Waals surface area contributed by atoms with Gasteiger partial charge in [0.25, 0.3) is 0 Å². The maximum Gasteiger partial charge on any atom is 0.323 e. The van der Waals surface area contributed by atoms with Gasteiger partial charge in [0.15, 0.2) is 0 Å². The van der Waals surface area contributed by atoms with E-state index >= 15 is 0 Å². The van der Waals surface area contributed by atoms with Gasteiger partial charge in [0.05, 0.1) is 11.4 Å². The predicted molar refractivity (Wildman–Crippen MR) is 161 cm³/mol. The molecule has 0 aromatic heterocycles. The molecule has 0 spiro atoms. The zero-order valence-electron chi connectivity index (χ0n) is 22.0. The molecule has 0 aliphatic rings. The number of amides is 4. The number of urea groups is 2. The van der Waals surface area contributed by atoms with Gasteiger partial charge in [-0.05, 0) is 73.5 Å². The van der Waals surface area contributed by atoms with E-state index in [0.717, 1.165) is 11.1 Å². The van der Waals surface area contributed by atoms with Gasteiger partial charge in [-0.15, -0.1) is 0 Å². The van der Waals surface area contributed by atoms with Crippen LogP contribution in [-0.4, -0.2) is 29.4 Å². The molecule has 206 valence electrons. The van der Waals surface area contributed by atoms with E-state index < -0.39 is 12.1 Å². The number of hydrogen-bond donors (Lipinski definition) is 9. The Bertz CT molecular complexity index is 1320. The van der Waals surface area contributed by atoms with Gasteiger partial charge in [-0.2, -0.15) is 10.2 Å². The number of benzene rings is 3. The fraction of sp³-hybridized carbons (Fsp3) is 0.0741. The number of anilines is 4. The molecule has 3 rings (SSSR count). The Balaban J connectivity index is 1.48. The summed E-state index contributed by atoms with van der Waals surface area (Å²) in [6, 6.07) is 20.0. The Kier molecular flexibility index (Phi) is 9.78. The van der Waals surface area contributed by atoms with Crippen LogP contribution < -0.4 is 43.6 Å². The second-order valence-electron chi connectivity index (χ2n) is 8.45. The van der Waals surface area contributed by atoms with Crippen LogP contribution in [0.25, 0.3) is 0 Å². The highest BCUT2D eigenvalue weighted by Gasteiger charge is 2.07. The van der Waals surface area contributed by atoms with Gasteiger partial charge in [-0.25, -0.2) is 15.0 Å². The highest BCUT2D eigenvalue weighted by molar-refractivity contribution is 6.03. The monoisotopic (exact) mass is 541 g/mol. The van der Waals surface area contributed by atoms with Crippen molar-refractivity contribution in [2.24, 2.45) is 21.7 Å². The van der Waals surface area contributed by atoms with Crippen molar-refractivity contribution in [3.63, 3.8) is 0 Å². The van der Waals surface area contributed by atoms with Crippen LogP contribution in [0.1, 0.15) is 25.0 Å². The molecule has 0 saturated carbocycles. The summed E-state index contributed by atoms with van der Waals surface area (Å²) in [7, 11) is 0. The van der Waals surface area contributed by atoms with Gasteiger partial charge in [-0.1, -0.05) is 30.8 Å². The van der Waals surface area contributed by atoms with Crippen molar-refractivity contribution in [1.82, 2.24) is 10.9 Å². The van der Waals surface area contributed by atoms with Gasteiger partial charge in [0, 0.05) is 22.7 Å². The first-order valence-corrected chi connectivity index (χ1v) is 11.9. The molecule has 0 saturated heterocycles. The maximum absolute atomic E-state index is 12.4. The van der Waals surface area contributed by atoms with Crippen LogP contribution in [0.2, 0.25) is 0 Å². The molecule has 11 N–H and O–H groups in total. The molecular formula is C27H31N11O2. The van der Waals surface area contributed by atoms with Crippen LogP contribution in [0.5, 0.6) is 0 Å². The smallest absolute Gasteiger partial charge is 0.323 e. The molecule has 0 aliphatic carbocycles. The minimum absolute atomic E-state index is 0.242. The van der Waals surface area contributed by atoms with Crippen molar-refractivity contribution in [1.29, 1.82) is 5.41 Å². The zero-order valence-corrected chi connectivity index (χ0v) is 22.0. The minimum atomic E-state index is -0.428. The van der Waals surface area contributed by atoms with E-state index in [0.29, 0.717) is 34.2 Å². The lowest BCUT2D eigenvalue weighted by Crippen LogP contribution is -2.26. The number of carbonyl (C=O) groups is 2. The maximum atomic E-state index is 12.4. The van der Waals surface area contributed by atoms with Crippen LogP contribution >= 0.6 is 0 Å². The van der Waals surface area contributed by atoms with Gasteiger partial charge < -0.3 is 32.7 Å². The number of hydrogen-bond acceptors (Lipinski definition) is 7. The van der Waals surface area contributed by atoms with Crippen LogP contribution in [0, 0.1) is 5.41 Å². The van der Waals surface area contributed by atoms with Crippen molar-refractivity contribution >= 4 is 52.2 Å². The van der Waals surface area contributed by atoms with Gasteiger partial charge in [-0.3, -0.25) is 10.8 Å². The normalized spacial score (nSPS) is 11.2. The van der Waals surface area contributed by atoms with E-state index in [2.05, 4.69) is 48.9 Å². The van der Waals surface area contributed by atoms with E-state index in [4.69, 9.17) is 16.9 Å². The third kappa shape index (κ3) is 9.23. The summed E-state index contributed by atoms with van der Waals surface area (Å²) in [6.45, 7) is 7.11. The first-order valence-electron chi connectivity index (χ1n) is 11.9. The lowest BCUT2D eigenvalue weighted by atomic mass is 10.1. The summed E-state index contributed by atoms with van der Waals surface area (Å²) in [4.78, 5) is 24.8. The second kappa shape index (κ2) is 13.6. The van der Waals surface area contributed by atoms with Gasteiger partial charge in [0.1, 0.15) is 5.82 Å². The zero-order chi connectivity index (χ0) is 29.1. The van der Waals surface area contributed by atoms with E-state index in [1.807, 2.05) is 19.1 Å². The Labute approximate surface area is 231 Å². The van der Waals surface area contributed by atoms with Crippen LogP contribution in [0.3, 0.4) is 0 Å². The first-order chi connectivity index (χ1) is 19.1. The summed E-state index contributed by atoms with van der Waals surface area (Å²) in [6.07, 6.45) is 0. The third-order valence-electron chi connectivity index (χ3n) is 5.23. The quantitative estimate of drug-likeness (QED) is 0.111. The number of nitrogens with zero attached hydrogens (tertiary/aromatic N) is 2. The predicted octanol–water partition coefficient (Wildman–Crippen LogP) is 3.93. The van der Waals surface area contributed by atoms with Crippen molar-refractivity contribution in [3.05, 3.63) is 96.3 Å². The Morgan fingerprint density at radius 2 is 0.925 bits per heavy atom. The van der Waals surface area contributed by atoms with Crippen LogP contribution in [-0.2, 0) is 0 Å². The number of rotatable bonds is 9. The van der Waals surface area contributed by atoms with Crippen molar-refractivity contribution in [2.45, 2.75) is 13.8 Å². The summed E-state index contributed by atoms with van der Waals surface area (Å²) in [5, 5.41) is 26.2. The van der Waals surface area contributed by atoms with E-state index in [1.54, 1.807) is 67.6 Å². The summed E-state index contributed by atoms with van der Waals surface area (Å²) in [5.41, 5.74) is 20.9. The molecule has 0 radical (unpaired) electrons. The largest absolute Gasteiger partial charge is 0.385 e. The number of carbonyl (C=O) groups excluding carboxylic acids is 2. The molecule has 0 unspecified atom stereocenters. The molecule has 4 amide bonds. The van der Waals surface area contributed by atoms with Crippen LogP contribution in [0.4, 0.5) is 32.3 Å². The highest BCUT2D eigenvalue weighted by Crippen LogP contribution is 2.16. The summed E-state index contributed by atoms with van der Waals surface area (Å²) >= 11 is 0. The molecule has 13 nitrogen and oxygen atoms in total. The number of nitrogens with one attached hydrogen (secondary N) is 7. The molecule has 3 aromatic carbocycles. The van der Waals surface area contributed by atoms with E-state index in [9.17, 15) is 9.59 Å². The molecular weight excluding hydrogens is 510 g/mol. The molecule has 0 aliphatic heterocycles. The first kappa shape index (κ1) is 28.7. The Morgan fingerprint density at radius 1 is 0.625 bits per heavy atom. The highest BCUT2D eigenvalue weighted by atomic mass is 16.2. The van der Waals surface area contributed by atoms with Crippen molar-refractivity contribution < 1.29 is 9.59 Å². The fourth-order valence-corrected chi connectivity index (χ4v) is 3.24. The summed E-state index contributed by atoms with van der Waals surface area (Å²) < 4.78 is 0. The third-order valence-corrected chi connectivity index (χ3v) is 5.23. The molecule has 0 bridgehead atoms. The van der Waals surface area contributed by atoms with Crippen LogP contribution in [0.15, 0.2) is 95.4 Å². The van der Waals surface area contributed by atoms with Crippen molar-refractivity contribution in [3.8, 4) is 0 Å². The number of hydrazone groups is 2. The Morgan fingerprint density at radius 3 is 1.23 bits per heavy atom. The minimum Gasteiger partial charge on any atom is -0.385 e. The molecule has 40 heavy (non-hydrogen) atoms. The summed E-state index contributed by atoms with van der Waals surface area (Å²) in [5.74, 6) is -0.0133. The average molecular weight is 542 g/mol. The second-order valence-corrected chi connectivity index (χ2v) is 8.45. The lowest BCUT2D eigenvalue weighted by Gasteiger charge is -2.11. The lowest BCUT2D eigenvalue weighted by molar-refractivity contribution is 0.261. The average Bonchev–Trinajstić information content (AvgIpc) is 2.92. The van der Waals surface area contributed by atoms with Gasteiger partial charge >= 0.3 is 12.1 Å². The molecule has 0 fully saturated rings. The van der Waals surface area contributed by atoms with E-state index in [1.165, 1.54) is 0 Å². The SMILES string of the molecule is C=C(N)N/N=C(/C)c1ccc(NC(=O)Nc2ccc(NC(=O)Nc3ccc(/C(C)=N\NC(=N)N)cc3)cc2)cc1. The molecule has 3 aromatic rings. The number of guanidine groups is 1. The fourth-order valence-electron chi connectivity index (χ4n) is 3.24. The number of nitrogens with two attached hydrogens (primary N) is 2. The molecule has 0 heterocycles. The Hall–Kier alpha value is -5.85. The standard InChI is InChI=1S/C27H31N11O2/c1-16(35-37-18(3)28)19-4-8-21(9-5-19)31-26(39)33-23-12-14-24(15-13-23)34-27(40)32-22-10-6-20(7-11-22)17(2)36-38-25(29)30/h4-15,37H,3,28H2,1-2H3,(H4,29,30,38)(H2,31,33,39)(H2,32,34,40)/b35-16-,36-17-. The molecule has 13 heteroatoms. The van der Waals surface area contributed by atoms with Crippen molar-refractivity contribution in [2.75, 3.05) is 21.3 Å². The molecule has 0 atom stereocenters.